The van der Waals surface area contributed by atoms with Gasteiger partial charge in [-0.2, -0.15) is 0 Å². The minimum atomic E-state index is -0.292. The molecule has 0 aliphatic heterocycles. The summed E-state index contributed by atoms with van der Waals surface area (Å²) in [7, 11) is 0. The first kappa shape index (κ1) is 12.4. The van der Waals surface area contributed by atoms with Crippen LogP contribution in [0.2, 0.25) is 0 Å². The third kappa shape index (κ3) is 2.62. The lowest BCUT2D eigenvalue weighted by atomic mass is 10.1. The van der Waals surface area contributed by atoms with E-state index in [0.29, 0.717) is 12.4 Å². The summed E-state index contributed by atoms with van der Waals surface area (Å²) in [5.74, 6) is 0.275. The Kier molecular flexibility index (Phi) is 3.51. The Morgan fingerprint density at radius 3 is 2.72 bits per heavy atom. The first-order valence-electron chi connectivity index (χ1n) is 5.81. The molecule has 0 radical (unpaired) electrons. The Hall–Kier alpha value is -2.03. The van der Waals surface area contributed by atoms with Crippen LogP contribution in [0, 0.1) is 19.7 Å². The largest absolute Gasteiger partial charge is 0.489 e. The van der Waals surface area contributed by atoms with Gasteiger partial charge in [0.25, 0.3) is 0 Å². The number of hydrogen-bond acceptors (Lipinski definition) is 2. The molecule has 94 valence electrons. The molecule has 0 aromatic heterocycles. The second-order valence-corrected chi connectivity index (χ2v) is 4.33. The van der Waals surface area contributed by atoms with Crippen molar-refractivity contribution in [1.82, 2.24) is 0 Å². The van der Waals surface area contributed by atoms with Crippen LogP contribution in [0.1, 0.15) is 16.7 Å². The molecule has 0 unspecified atom stereocenters. The normalized spacial score (nSPS) is 10.4. The Bertz CT molecular complexity index is 564. The van der Waals surface area contributed by atoms with E-state index >= 15 is 0 Å². The van der Waals surface area contributed by atoms with E-state index in [4.69, 9.17) is 10.5 Å². The molecule has 0 spiro atoms. The van der Waals surface area contributed by atoms with Gasteiger partial charge >= 0.3 is 0 Å². The summed E-state index contributed by atoms with van der Waals surface area (Å²) in [5, 5.41) is 0. The van der Waals surface area contributed by atoms with Crippen molar-refractivity contribution in [2.45, 2.75) is 20.5 Å². The molecule has 0 saturated heterocycles. The maximum Gasteiger partial charge on any atom is 0.126 e. The molecule has 2 aromatic carbocycles. The fourth-order valence-electron chi connectivity index (χ4n) is 1.74. The fourth-order valence-corrected chi connectivity index (χ4v) is 1.74. The molecule has 0 fully saturated rings. The minimum Gasteiger partial charge on any atom is -0.489 e. The molecule has 0 saturated carbocycles. The molecular weight excluding hydrogens is 229 g/mol. The number of hydrogen-bond donors (Lipinski definition) is 1. The van der Waals surface area contributed by atoms with Gasteiger partial charge in [0.05, 0.1) is 0 Å². The number of nitrogens with two attached hydrogens (primary N) is 1. The molecule has 2 nitrogen and oxygen atoms in total. The predicted octanol–water partition coefficient (Wildman–Crippen LogP) is 3.60. The van der Waals surface area contributed by atoms with Crippen LogP contribution in [0.15, 0.2) is 36.4 Å². The monoisotopic (exact) mass is 245 g/mol. The quantitative estimate of drug-likeness (QED) is 0.838. The van der Waals surface area contributed by atoms with Gasteiger partial charge in [0.15, 0.2) is 0 Å². The van der Waals surface area contributed by atoms with Crippen LogP contribution in [0.5, 0.6) is 5.75 Å². The SMILES string of the molecule is Cc1ccc(F)cc1OCc1cccc(N)c1C. The Balaban J connectivity index is 2.16. The second kappa shape index (κ2) is 5.08. The van der Waals surface area contributed by atoms with Gasteiger partial charge in [-0.25, -0.2) is 4.39 Å². The van der Waals surface area contributed by atoms with E-state index in [1.54, 1.807) is 6.07 Å². The molecular formula is C15H16FNO. The van der Waals surface area contributed by atoms with E-state index in [1.807, 2.05) is 32.0 Å². The number of ether oxygens (including phenoxy) is 1. The summed E-state index contributed by atoms with van der Waals surface area (Å²) >= 11 is 0. The van der Waals surface area contributed by atoms with E-state index < -0.39 is 0 Å². The lowest BCUT2D eigenvalue weighted by Crippen LogP contribution is -2.01. The topological polar surface area (TPSA) is 35.2 Å². The zero-order valence-corrected chi connectivity index (χ0v) is 10.5. The van der Waals surface area contributed by atoms with E-state index in [0.717, 1.165) is 22.4 Å². The van der Waals surface area contributed by atoms with Gasteiger partial charge < -0.3 is 10.5 Å². The number of anilines is 1. The maximum atomic E-state index is 13.1. The van der Waals surface area contributed by atoms with Crippen molar-refractivity contribution in [2.24, 2.45) is 0 Å². The molecule has 0 bridgehead atoms. The highest BCUT2D eigenvalue weighted by Gasteiger charge is 2.05. The lowest BCUT2D eigenvalue weighted by molar-refractivity contribution is 0.302. The van der Waals surface area contributed by atoms with E-state index in [-0.39, 0.29) is 5.82 Å². The van der Waals surface area contributed by atoms with Gasteiger partial charge in [-0.15, -0.1) is 0 Å². The van der Waals surface area contributed by atoms with Crippen molar-refractivity contribution in [3.63, 3.8) is 0 Å². The summed E-state index contributed by atoms with van der Waals surface area (Å²) in [6.07, 6.45) is 0. The molecule has 0 aliphatic rings. The van der Waals surface area contributed by atoms with Crippen molar-refractivity contribution in [2.75, 3.05) is 5.73 Å². The Morgan fingerprint density at radius 1 is 1.17 bits per heavy atom. The highest BCUT2D eigenvalue weighted by atomic mass is 19.1. The van der Waals surface area contributed by atoms with E-state index in [9.17, 15) is 4.39 Å². The van der Waals surface area contributed by atoms with Crippen molar-refractivity contribution in [1.29, 1.82) is 0 Å². The summed E-state index contributed by atoms with van der Waals surface area (Å²) in [4.78, 5) is 0. The number of nitrogen functional groups attached to an aromatic ring is 1. The van der Waals surface area contributed by atoms with Crippen LogP contribution in [0.4, 0.5) is 10.1 Å². The molecule has 3 heteroatoms. The van der Waals surface area contributed by atoms with Crippen molar-refractivity contribution >= 4 is 5.69 Å². The van der Waals surface area contributed by atoms with Gasteiger partial charge in [0.1, 0.15) is 18.2 Å². The first-order valence-corrected chi connectivity index (χ1v) is 5.81. The lowest BCUT2D eigenvalue weighted by Gasteiger charge is -2.12. The highest BCUT2D eigenvalue weighted by Crippen LogP contribution is 2.22. The van der Waals surface area contributed by atoms with Crippen molar-refractivity contribution in [3.8, 4) is 5.75 Å². The fraction of sp³-hybridized carbons (Fsp3) is 0.200. The zero-order chi connectivity index (χ0) is 13.1. The van der Waals surface area contributed by atoms with Gasteiger partial charge in [0, 0.05) is 11.8 Å². The molecule has 0 atom stereocenters. The Labute approximate surface area is 106 Å². The summed E-state index contributed by atoms with van der Waals surface area (Å²) in [5.41, 5.74) is 9.50. The smallest absolute Gasteiger partial charge is 0.126 e. The van der Waals surface area contributed by atoms with Gasteiger partial charge in [-0.1, -0.05) is 18.2 Å². The predicted molar refractivity (Wildman–Crippen MR) is 71.1 cm³/mol. The average molecular weight is 245 g/mol. The Morgan fingerprint density at radius 2 is 1.94 bits per heavy atom. The van der Waals surface area contributed by atoms with E-state index in [1.165, 1.54) is 12.1 Å². The minimum absolute atomic E-state index is 0.292. The third-order valence-electron chi connectivity index (χ3n) is 3.02. The van der Waals surface area contributed by atoms with Crippen LogP contribution >= 0.6 is 0 Å². The number of halogens is 1. The molecule has 0 amide bonds. The van der Waals surface area contributed by atoms with E-state index in [2.05, 4.69) is 0 Å². The molecule has 18 heavy (non-hydrogen) atoms. The maximum absolute atomic E-state index is 13.1. The van der Waals surface area contributed by atoms with Crippen molar-refractivity contribution in [3.05, 3.63) is 58.9 Å². The van der Waals surface area contributed by atoms with Gasteiger partial charge in [-0.05, 0) is 42.7 Å². The number of rotatable bonds is 3. The van der Waals surface area contributed by atoms with Crippen molar-refractivity contribution < 1.29 is 9.13 Å². The molecule has 2 rings (SSSR count). The molecule has 0 aliphatic carbocycles. The van der Waals surface area contributed by atoms with Crippen LogP contribution < -0.4 is 10.5 Å². The van der Waals surface area contributed by atoms with Crippen LogP contribution in [-0.2, 0) is 6.61 Å². The van der Waals surface area contributed by atoms with Crippen LogP contribution in [0.25, 0.3) is 0 Å². The highest BCUT2D eigenvalue weighted by molar-refractivity contribution is 5.49. The average Bonchev–Trinajstić information content (AvgIpc) is 2.35. The third-order valence-corrected chi connectivity index (χ3v) is 3.02. The summed E-state index contributed by atoms with van der Waals surface area (Å²) in [6, 6.07) is 10.2. The van der Waals surface area contributed by atoms with Crippen LogP contribution in [0.3, 0.4) is 0 Å². The van der Waals surface area contributed by atoms with Crippen LogP contribution in [-0.4, -0.2) is 0 Å². The standard InChI is InChI=1S/C15H16FNO/c1-10-6-7-13(16)8-15(10)18-9-12-4-3-5-14(17)11(12)2/h3-8H,9,17H2,1-2H3. The summed E-state index contributed by atoms with van der Waals surface area (Å²) in [6.45, 7) is 4.23. The second-order valence-electron chi connectivity index (χ2n) is 4.33. The molecule has 0 heterocycles. The number of benzene rings is 2. The molecule has 2 aromatic rings. The zero-order valence-electron chi connectivity index (χ0n) is 10.5. The number of aryl methyl sites for hydroxylation is 1. The molecule has 2 N–H and O–H groups in total. The van der Waals surface area contributed by atoms with Gasteiger partial charge in [-0.3, -0.25) is 0 Å². The summed E-state index contributed by atoms with van der Waals surface area (Å²) < 4.78 is 18.8. The first-order chi connectivity index (χ1) is 8.58. The van der Waals surface area contributed by atoms with Gasteiger partial charge in [0.2, 0.25) is 0 Å².